The lowest BCUT2D eigenvalue weighted by atomic mass is 9.82. The van der Waals surface area contributed by atoms with Gasteiger partial charge in [-0.25, -0.2) is 0 Å². The number of benzene rings is 2. The monoisotopic (exact) mass is 441 g/mol. The summed E-state index contributed by atoms with van der Waals surface area (Å²) < 4.78 is 21.8. The average molecular weight is 442 g/mol. The van der Waals surface area contributed by atoms with E-state index in [4.69, 9.17) is 18.9 Å². The first kappa shape index (κ1) is 22.3. The molecule has 0 saturated carbocycles. The molecule has 2 atom stereocenters. The van der Waals surface area contributed by atoms with Gasteiger partial charge in [0.05, 0.1) is 0 Å². The highest BCUT2D eigenvalue weighted by Gasteiger charge is 2.29. The molecular formula is C25H31NO6. The van der Waals surface area contributed by atoms with Gasteiger partial charge in [0, 0.05) is 19.1 Å². The van der Waals surface area contributed by atoms with Crippen LogP contribution in [0.4, 0.5) is 0 Å². The van der Waals surface area contributed by atoms with Gasteiger partial charge in [-0.1, -0.05) is 26.0 Å². The van der Waals surface area contributed by atoms with Crippen molar-refractivity contribution in [2.45, 2.75) is 33.1 Å². The predicted molar refractivity (Wildman–Crippen MR) is 119 cm³/mol. The van der Waals surface area contributed by atoms with Crippen LogP contribution in [0.15, 0.2) is 36.4 Å². The van der Waals surface area contributed by atoms with Crippen molar-refractivity contribution in [2.75, 3.05) is 26.7 Å². The fraction of sp³-hybridized carbons (Fsp3) is 0.480. The van der Waals surface area contributed by atoms with Crippen molar-refractivity contribution in [3.63, 3.8) is 0 Å². The SMILES string of the molecule is CC(C)CCNC(=O)[C@@H](Cc1ccc2c(c1)OCO2)[C@@H](CO)Cc1ccc2c(c1)OCO2. The summed E-state index contributed by atoms with van der Waals surface area (Å²) in [7, 11) is 0. The summed E-state index contributed by atoms with van der Waals surface area (Å²) in [6, 6.07) is 11.5. The van der Waals surface area contributed by atoms with Crippen LogP contribution in [0.5, 0.6) is 23.0 Å². The standard InChI is InChI=1S/C25H31NO6/c1-16(2)7-8-26-25(28)20(10-18-4-6-22-24(12-18)32-15-30-22)19(13-27)9-17-3-5-21-23(11-17)31-14-29-21/h3-6,11-12,16,19-20,27H,7-10,13-15H2,1-2H3,(H,26,28)/t19-,20+/m1/s1. The highest BCUT2D eigenvalue weighted by atomic mass is 16.7. The molecule has 0 aromatic heterocycles. The van der Waals surface area contributed by atoms with E-state index in [2.05, 4.69) is 19.2 Å². The van der Waals surface area contributed by atoms with Crippen LogP contribution in [-0.4, -0.2) is 37.8 Å². The molecule has 2 aromatic rings. The number of fused-ring (bicyclic) bond motifs is 2. The Bertz CT molecular complexity index is 944. The van der Waals surface area contributed by atoms with Gasteiger partial charge in [0.15, 0.2) is 23.0 Å². The number of hydrogen-bond donors (Lipinski definition) is 2. The summed E-state index contributed by atoms with van der Waals surface area (Å²) >= 11 is 0. The van der Waals surface area contributed by atoms with Crippen molar-refractivity contribution >= 4 is 5.91 Å². The molecule has 0 fully saturated rings. The van der Waals surface area contributed by atoms with Crippen molar-refractivity contribution in [2.24, 2.45) is 17.8 Å². The molecular weight excluding hydrogens is 410 g/mol. The van der Waals surface area contributed by atoms with Crippen LogP contribution in [0.3, 0.4) is 0 Å². The molecule has 172 valence electrons. The van der Waals surface area contributed by atoms with Crippen molar-refractivity contribution in [3.8, 4) is 23.0 Å². The van der Waals surface area contributed by atoms with Crippen LogP contribution >= 0.6 is 0 Å². The fourth-order valence-corrected chi connectivity index (χ4v) is 4.12. The molecule has 2 N–H and O–H groups in total. The molecule has 0 aliphatic carbocycles. The molecule has 2 heterocycles. The number of nitrogens with one attached hydrogen (secondary N) is 1. The van der Waals surface area contributed by atoms with Gasteiger partial charge in [0.25, 0.3) is 0 Å². The number of amides is 1. The van der Waals surface area contributed by atoms with E-state index >= 15 is 0 Å². The van der Waals surface area contributed by atoms with Crippen LogP contribution < -0.4 is 24.3 Å². The molecule has 0 spiro atoms. The fourth-order valence-electron chi connectivity index (χ4n) is 4.12. The Morgan fingerprint density at radius 1 is 0.906 bits per heavy atom. The van der Waals surface area contributed by atoms with E-state index in [9.17, 15) is 9.90 Å². The van der Waals surface area contributed by atoms with Crippen LogP contribution in [0, 0.1) is 17.8 Å². The zero-order valence-electron chi connectivity index (χ0n) is 18.6. The number of aliphatic hydroxyl groups excluding tert-OH is 1. The maximum Gasteiger partial charge on any atom is 0.231 e. The quantitative estimate of drug-likeness (QED) is 0.588. The van der Waals surface area contributed by atoms with Crippen molar-refractivity contribution in [3.05, 3.63) is 47.5 Å². The molecule has 0 unspecified atom stereocenters. The van der Waals surface area contributed by atoms with Crippen LogP contribution in [0.2, 0.25) is 0 Å². The summed E-state index contributed by atoms with van der Waals surface area (Å²) in [6.45, 7) is 5.21. The molecule has 2 aliphatic rings. The number of carbonyl (C=O) groups excluding carboxylic acids is 1. The Morgan fingerprint density at radius 2 is 1.47 bits per heavy atom. The normalized spacial score (nSPS) is 15.6. The van der Waals surface area contributed by atoms with Gasteiger partial charge in [-0.15, -0.1) is 0 Å². The summed E-state index contributed by atoms with van der Waals surface area (Å²) in [5.74, 6) is 2.65. The second kappa shape index (κ2) is 10.1. The molecule has 2 aliphatic heterocycles. The van der Waals surface area contributed by atoms with E-state index in [-0.39, 0.29) is 32.0 Å². The summed E-state index contributed by atoms with van der Waals surface area (Å²) in [5, 5.41) is 13.3. The Morgan fingerprint density at radius 3 is 2.03 bits per heavy atom. The van der Waals surface area contributed by atoms with E-state index in [1.54, 1.807) is 0 Å². The molecule has 32 heavy (non-hydrogen) atoms. The molecule has 4 rings (SSSR count). The van der Waals surface area contributed by atoms with Gasteiger partial charge in [0.2, 0.25) is 19.5 Å². The highest BCUT2D eigenvalue weighted by molar-refractivity contribution is 5.79. The first-order valence-corrected chi connectivity index (χ1v) is 11.2. The molecule has 1 amide bonds. The van der Waals surface area contributed by atoms with Gasteiger partial charge in [-0.3, -0.25) is 4.79 Å². The lowest BCUT2D eigenvalue weighted by Gasteiger charge is -2.26. The topological polar surface area (TPSA) is 86.3 Å². The van der Waals surface area contributed by atoms with Crippen molar-refractivity contribution < 1.29 is 28.8 Å². The van der Waals surface area contributed by atoms with Gasteiger partial charge in [0.1, 0.15) is 0 Å². The van der Waals surface area contributed by atoms with Crippen LogP contribution in [0.25, 0.3) is 0 Å². The summed E-state index contributed by atoms with van der Waals surface area (Å²) in [4.78, 5) is 13.2. The van der Waals surface area contributed by atoms with Crippen molar-refractivity contribution in [1.82, 2.24) is 5.32 Å². The number of rotatable bonds is 10. The first-order chi connectivity index (χ1) is 15.5. The summed E-state index contributed by atoms with van der Waals surface area (Å²) in [6.07, 6.45) is 1.97. The van der Waals surface area contributed by atoms with Crippen molar-refractivity contribution in [1.29, 1.82) is 0 Å². The van der Waals surface area contributed by atoms with Gasteiger partial charge < -0.3 is 29.4 Å². The summed E-state index contributed by atoms with van der Waals surface area (Å²) in [5.41, 5.74) is 1.97. The third kappa shape index (κ3) is 5.27. The minimum atomic E-state index is -0.391. The van der Waals surface area contributed by atoms with E-state index in [1.807, 2.05) is 36.4 Å². The largest absolute Gasteiger partial charge is 0.454 e. The lowest BCUT2D eigenvalue weighted by molar-refractivity contribution is -0.127. The Balaban J connectivity index is 1.52. The third-order valence-corrected chi connectivity index (χ3v) is 5.99. The minimum Gasteiger partial charge on any atom is -0.454 e. The zero-order chi connectivity index (χ0) is 22.5. The molecule has 7 nitrogen and oxygen atoms in total. The van der Waals surface area contributed by atoms with E-state index in [0.717, 1.165) is 23.3 Å². The van der Waals surface area contributed by atoms with Crippen LogP contribution in [-0.2, 0) is 17.6 Å². The third-order valence-electron chi connectivity index (χ3n) is 5.99. The maximum absolute atomic E-state index is 13.2. The Kier molecular flexibility index (Phi) is 7.05. The van der Waals surface area contributed by atoms with Gasteiger partial charge >= 0.3 is 0 Å². The number of ether oxygens (including phenoxy) is 4. The molecule has 0 bridgehead atoms. The second-order valence-corrected chi connectivity index (χ2v) is 8.81. The van der Waals surface area contributed by atoms with Gasteiger partial charge in [-0.2, -0.15) is 0 Å². The van der Waals surface area contributed by atoms with Crippen LogP contribution in [0.1, 0.15) is 31.4 Å². The van der Waals surface area contributed by atoms with E-state index < -0.39 is 5.92 Å². The Labute approximate surface area is 188 Å². The molecule has 0 saturated heterocycles. The Hall–Kier alpha value is -2.93. The lowest BCUT2D eigenvalue weighted by Crippen LogP contribution is -2.39. The smallest absolute Gasteiger partial charge is 0.231 e. The molecule has 2 aromatic carbocycles. The maximum atomic E-state index is 13.2. The van der Waals surface area contributed by atoms with E-state index in [0.29, 0.717) is 42.6 Å². The predicted octanol–water partition coefficient (Wildman–Crippen LogP) is 3.32. The highest BCUT2D eigenvalue weighted by Crippen LogP contribution is 2.36. The number of carbonyl (C=O) groups is 1. The second-order valence-electron chi connectivity index (χ2n) is 8.81. The number of aliphatic hydroxyl groups is 1. The zero-order valence-corrected chi connectivity index (χ0v) is 18.6. The van der Waals surface area contributed by atoms with Gasteiger partial charge in [-0.05, 0) is 66.5 Å². The molecule has 7 heteroatoms. The molecule has 0 radical (unpaired) electrons. The van der Waals surface area contributed by atoms with E-state index in [1.165, 1.54) is 0 Å². The minimum absolute atomic E-state index is 0.0388. The number of hydrogen-bond acceptors (Lipinski definition) is 6. The average Bonchev–Trinajstić information content (AvgIpc) is 3.44. The first-order valence-electron chi connectivity index (χ1n) is 11.2.